The highest BCUT2D eigenvalue weighted by Crippen LogP contribution is 2.40. The van der Waals surface area contributed by atoms with Gasteiger partial charge in [0.1, 0.15) is 11.5 Å². The van der Waals surface area contributed by atoms with Gasteiger partial charge in [0.25, 0.3) is 5.91 Å². The van der Waals surface area contributed by atoms with Gasteiger partial charge in [-0.3, -0.25) is 9.78 Å². The molecule has 2 aromatic heterocycles. The molecule has 0 unspecified atom stereocenters. The molecule has 0 aliphatic carbocycles. The fraction of sp³-hybridized carbons (Fsp3) is 0.600. The normalized spacial score (nSPS) is 26.5. The minimum absolute atomic E-state index is 0.246. The molecule has 4 rings (SSSR count). The van der Waals surface area contributed by atoms with Crippen molar-refractivity contribution >= 4 is 11.7 Å². The number of amides is 1. The van der Waals surface area contributed by atoms with Crippen LogP contribution in [0.1, 0.15) is 42.4 Å². The van der Waals surface area contributed by atoms with E-state index >= 15 is 0 Å². The predicted molar refractivity (Wildman–Crippen MR) is 107 cm³/mol. The minimum atomic E-state index is -1.06. The highest BCUT2D eigenvalue weighted by Gasteiger charge is 2.49. The van der Waals surface area contributed by atoms with Gasteiger partial charge in [-0.05, 0) is 26.7 Å². The Morgan fingerprint density at radius 3 is 2.66 bits per heavy atom. The Kier molecular flexibility index (Phi) is 5.04. The molecule has 29 heavy (non-hydrogen) atoms. The van der Waals surface area contributed by atoms with E-state index < -0.39 is 11.6 Å². The lowest BCUT2D eigenvalue weighted by atomic mass is 9.75. The summed E-state index contributed by atoms with van der Waals surface area (Å²) in [7, 11) is 1.78. The summed E-state index contributed by atoms with van der Waals surface area (Å²) in [5.41, 5.74) is -0.284. The van der Waals surface area contributed by atoms with Crippen molar-refractivity contribution in [1.29, 1.82) is 0 Å². The fourth-order valence-corrected chi connectivity index (χ4v) is 4.48. The Labute approximate surface area is 170 Å². The number of anilines is 1. The number of carbonyl (C=O) groups excluding carboxylic acids is 1. The molecule has 9 heteroatoms. The van der Waals surface area contributed by atoms with Crippen LogP contribution in [0.25, 0.3) is 0 Å². The van der Waals surface area contributed by atoms with Crippen molar-refractivity contribution in [2.75, 3.05) is 24.6 Å². The van der Waals surface area contributed by atoms with Gasteiger partial charge < -0.3 is 24.6 Å². The lowest BCUT2D eigenvalue weighted by molar-refractivity contribution is -0.176. The van der Waals surface area contributed by atoms with Gasteiger partial charge in [-0.1, -0.05) is 0 Å². The molecule has 1 amide bonds. The Balaban J connectivity index is 1.40. The number of imidazole rings is 1. The van der Waals surface area contributed by atoms with E-state index in [1.54, 1.807) is 50.4 Å². The summed E-state index contributed by atoms with van der Waals surface area (Å²) < 4.78 is 7.94. The zero-order valence-electron chi connectivity index (χ0n) is 17.1. The quantitative estimate of drug-likeness (QED) is 0.786. The molecule has 0 radical (unpaired) electrons. The Morgan fingerprint density at radius 2 is 2.07 bits per heavy atom. The van der Waals surface area contributed by atoms with Crippen molar-refractivity contribution in [3.63, 3.8) is 0 Å². The van der Waals surface area contributed by atoms with Gasteiger partial charge in [-0.2, -0.15) is 0 Å². The van der Waals surface area contributed by atoms with Gasteiger partial charge in [0.2, 0.25) is 0 Å². The summed E-state index contributed by atoms with van der Waals surface area (Å²) in [6, 6.07) is -0.479. The third kappa shape index (κ3) is 3.84. The number of nitrogens with one attached hydrogen (secondary N) is 1. The highest BCUT2D eigenvalue weighted by molar-refractivity contribution is 5.93. The van der Waals surface area contributed by atoms with Crippen molar-refractivity contribution < 1.29 is 14.6 Å². The summed E-state index contributed by atoms with van der Waals surface area (Å²) in [4.78, 5) is 27.6. The van der Waals surface area contributed by atoms with E-state index in [2.05, 4.69) is 25.2 Å². The van der Waals surface area contributed by atoms with E-state index in [-0.39, 0.29) is 18.1 Å². The van der Waals surface area contributed by atoms with Crippen LogP contribution >= 0.6 is 0 Å². The van der Waals surface area contributed by atoms with Gasteiger partial charge in [0, 0.05) is 39.0 Å². The number of nitrogens with zero attached hydrogens (tertiary/aromatic N) is 5. The molecule has 2 atom stereocenters. The van der Waals surface area contributed by atoms with Crippen LogP contribution in [0.2, 0.25) is 0 Å². The molecule has 0 saturated carbocycles. The third-order valence-electron chi connectivity index (χ3n) is 6.18. The van der Waals surface area contributed by atoms with Crippen LogP contribution in [-0.2, 0) is 11.8 Å². The third-order valence-corrected chi connectivity index (χ3v) is 6.18. The second-order valence-corrected chi connectivity index (χ2v) is 8.39. The minimum Gasteiger partial charge on any atom is -0.388 e. The number of aromatic nitrogens is 4. The molecule has 0 aromatic carbocycles. The Bertz CT molecular complexity index is 854. The standard InChI is InChI=1S/C20H28N6O3/c1-14-17(25(3)13-23-14)18(27)24-15-11-29-20(12-19(15,2)28)4-8-26(9-5-20)16-10-21-6-7-22-16/h6-7,10,13,15,28H,4-5,8-9,11-12H2,1-3H3,(H,24,27)/t15-,19-/m0/s1. The van der Waals surface area contributed by atoms with Gasteiger partial charge >= 0.3 is 0 Å². The van der Waals surface area contributed by atoms with Crippen LogP contribution in [0.4, 0.5) is 5.82 Å². The number of rotatable bonds is 3. The number of hydrogen-bond acceptors (Lipinski definition) is 7. The van der Waals surface area contributed by atoms with Gasteiger partial charge in [-0.25, -0.2) is 9.97 Å². The maximum atomic E-state index is 12.7. The molecule has 9 nitrogen and oxygen atoms in total. The average molecular weight is 400 g/mol. The summed E-state index contributed by atoms with van der Waals surface area (Å²) in [5.74, 6) is 0.617. The van der Waals surface area contributed by atoms with Crippen LogP contribution in [0.5, 0.6) is 0 Å². The lowest BCUT2D eigenvalue weighted by Gasteiger charge is -2.51. The average Bonchev–Trinajstić information content (AvgIpc) is 3.03. The second-order valence-electron chi connectivity index (χ2n) is 8.39. The highest BCUT2D eigenvalue weighted by atomic mass is 16.5. The Morgan fingerprint density at radius 1 is 1.31 bits per heavy atom. The van der Waals surface area contributed by atoms with Gasteiger partial charge in [-0.15, -0.1) is 0 Å². The van der Waals surface area contributed by atoms with Crippen molar-refractivity contribution in [2.24, 2.45) is 7.05 Å². The van der Waals surface area contributed by atoms with E-state index in [9.17, 15) is 9.90 Å². The SMILES string of the molecule is Cc1ncn(C)c1C(=O)N[C@H]1COC2(CCN(c3cnccn3)CC2)C[C@]1(C)O. The van der Waals surface area contributed by atoms with Crippen molar-refractivity contribution in [1.82, 2.24) is 24.8 Å². The molecule has 1 spiro atoms. The largest absolute Gasteiger partial charge is 0.388 e. The van der Waals surface area contributed by atoms with Crippen LogP contribution in [0, 0.1) is 6.92 Å². The van der Waals surface area contributed by atoms with Crippen LogP contribution < -0.4 is 10.2 Å². The van der Waals surface area contributed by atoms with E-state index in [0.29, 0.717) is 17.8 Å². The number of hydrogen-bond donors (Lipinski definition) is 2. The van der Waals surface area contributed by atoms with Crippen LogP contribution in [0.3, 0.4) is 0 Å². The molecule has 2 aliphatic rings. The number of ether oxygens (including phenoxy) is 1. The van der Waals surface area contributed by atoms with Crippen molar-refractivity contribution in [3.05, 3.63) is 36.3 Å². The molecule has 2 aliphatic heterocycles. The molecular formula is C20H28N6O3. The van der Waals surface area contributed by atoms with Crippen LogP contribution in [-0.4, -0.2) is 67.5 Å². The predicted octanol–water partition coefficient (Wildman–Crippen LogP) is 0.827. The number of carbonyl (C=O) groups is 1. The summed E-state index contributed by atoms with van der Waals surface area (Å²) in [6.07, 6.45) is 8.80. The van der Waals surface area contributed by atoms with E-state index in [0.717, 1.165) is 31.7 Å². The number of aryl methyl sites for hydroxylation is 2. The van der Waals surface area contributed by atoms with Gasteiger partial charge in [0.05, 0.1) is 42.1 Å². The first-order valence-electron chi connectivity index (χ1n) is 9.96. The zero-order valence-corrected chi connectivity index (χ0v) is 17.1. The summed E-state index contributed by atoms with van der Waals surface area (Å²) in [5, 5.41) is 14.1. The van der Waals surface area contributed by atoms with Crippen molar-refractivity contribution in [3.8, 4) is 0 Å². The molecule has 0 bridgehead atoms. The molecule has 2 fully saturated rings. The van der Waals surface area contributed by atoms with E-state index in [4.69, 9.17) is 4.74 Å². The lowest BCUT2D eigenvalue weighted by Crippen LogP contribution is -2.64. The smallest absolute Gasteiger partial charge is 0.270 e. The number of piperidine rings is 1. The summed E-state index contributed by atoms with van der Waals surface area (Å²) in [6.45, 7) is 5.44. The molecule has 2 aromatic rings. The zero-order chi connectivity index (χ0) is 20.6. The van der Waals surface area contributed by atoms with Gasteiger partial charge in [0.15, 0.2) is 0 Å². The maximum absolute atomic E-state index is 12.7. The maximum Gasteiger partial charge on any atom is 0.270 e. The topological polar surface area (TPSA) is 105 Å². The first-order valence-corrected chi connectivity index (χ1v) is 9.96. The fourth-order valence-electron chi connectivity index (χ4n) is 4.48. The molecule has 156 valence electrons. The second kappa shape index (κ2) is 7.38. The van der Waals surface area contributed by atoms with Crippen LogP contribution in [0.15, 0.2) is 24.9 Å². The molecule has 4 heterocycles. The first kappa shape index (κ1) is 19.8. The number of aliphatic hydroxyl groups is 1. The van der Waals surface area contributed by atoms with E-state index in [1.807, 2.05) is 0 Å². The van der Waals surface area contributed by atoms with E-state index in [1.165, 1.54) is 0 Å². The molecule has 2 saturated heterocycles. The Hall–Kier alpha value is -2.52. The monoisotopic (exact) mass is 400 g/mol. The molecule has 2 N–H and O–H groups in total. The summed E-state index contributed by atoms with van der Waals surface area (Å²) >= 11 is 0. The molecular weight excluding hydrogens is 372 g/mol. The van der Waals surface area contributed by atoms with Crippen molar-refractivity contribution in [2.45, 2.75) is 50.4 Å². The first-order chi connectivity index (χ1) is 13.8.